The first-order valence-electron chi connectivity index (χ1n) is 5.41. The molecule has 0 saturated heterocycles. The van der Waals surface area contributed by atoms with Crippen LogP contribution in [0.3, 0.4) is 0 Å². The van der Waals surface area contributed by atoms with Crippen molar-refractivity contribution < 1.29 is 21.6 Å². The summed E-state index contributed by atoms with van der Waals surface area (Å²) in [6.45, 7) is 0. The summed E-state index contributed by atoms with van der Waals surface area (Å²) >= 11 is 0. The van der Waals surface area contributed by atoms with Crippen LogP contribution in [0.5, 0.6) is 0 Å². The zero-order chi connectivity index (χ0) is 15.0. The summed E-state index contributed by atoms with van der Waals surface area (Å²) in [5, 5.41) is 0. The fourth-order valence-electron chi connectivity index (χ4n) is 1.78. The fourth-order valence-corrected chi connectivity index (χ4v) is 2.55. The van der Waals surface area contributed by atoms with Gasteiger partial charge in [0.05, 0.1) is 10.5 Å². The van der Waals surface area contributed by atoms with E-state index in [1.165, 1.54) is 42.5 Å². The minimum absolute atomic E-state index is 0.0153. The molecule has 0 aromatic heterocycles. The molecule has 106 valence electrons. The zero-order valence-electron chi connectivity index (χ0n) is 9.86. The summed E-state index contributed by atoms with van der Waals surface area (Å²) in [7, 11) is 1.26. The lowest BCUT2D eigenvalue weighted by atomic mass is 9.99. The zero-order valence-corrected chi connectivity index (χ0v) is 11.4. The van der Waals surface area contributed by atoms with E-state index >= 15 is 0 Å². The second kappa shape index (κ2) is 5.10. The molecule has 2 aromatic carbocycles. The highest BCUT2D eigenvalue weighted by Crippen LogP contribution is 2.37. The number of hydrogen-bond donors (Lipinski definition) is 0. The molecule has 0 unspecified atom stereocenters. The Morgan fingerprint density at radius 1 is 0.900 bits per heavy atom. The number of rotatable bonds is 2. The molecule has 0 saturated carbocycles. The van der Waals surface area contributed by atoms with E-state index in [9.17, 15) is 21.6 Å². The fraction of sp³-hybridized carbons (Fsp3) is 0.0769. The van der Waals surface area contributed by atoms with E-state index in [-0.39, 0.29) is 16.0 Å². The number of halogens is 4. The van der Waals surface area contributed by atoms with Crippen LogP contribution in [-0.2, 0) is 15.2 Å². The Bertz CT molecular complexity index is 722. The number of alkyl halides is 3. The van der Waals surface area contributed by atoms with E-state index in [1.807, 2.05) is 0 Å². The monoisotopic (exact) mass is 320 g/mol. The van der Waals surface area contributed by atoms with Gasteiger partial charge in [-0.2, -0.15) is 13.2 Å². The molecule has 0 amide bonds. The van der Waals surface area contributed by atoms with Gasteiger partial charge >= 0.3 is 6.18 Å². The molecule has 0 N–H and O–H groups in total. The van der Waals surface area contributed by atoms with Crippen molar-refractivity contribution in [2.45, 2.75) is 11.1 Å². The largest absolute Gasteiger partial charge is 0.417 e. The maximum Gasteiger partial charge on any atom is 0.417 e. The predicted octanol–water partition coefficient (Wildman–Crippen LogP) is 4.30. The first-order chi connectivity index (χ1) is 9.19. The van der Waals surface area contributed by atoms with Gasteiger partial charge in [0.15, 0.2) is 0 Å². The maximum atomic E-state index is 12.9. The van der Waals surface area contributed by atoms with E-state index < -0.39 is 20.8 Å². The first-order valence-corrected chi connectivity index (χ1v) is 7.72. The van der Waals surface area contributed by atoms with Crippen LogP contribution in [0.1, 0.15) is 5.56 Å². The molecule has 2 aromatic rings. The van der Waals surface area contributed by atoms with Crippen LogP contribution in [0.15, 0.2) is 53.4 Å². The van der Waals surface area contributed by atoms with E-state index in [0.29, 0.717) is 0 Å². The van der Waals surface area contributed by atoms with Crippen molar-refractivity contribution in [3.63, 3.8) is 0 Å². The van der Waals surface area contributed by atoms with Crippen molar-refractivity contribution in [3.05, 3.63) is 54.1 Å². The van der Waals surface area contributed by atoms with Crippen molar-refractivity contribution in [1.82, 2.24) is 0 Å². The molecule has 20 heavy (non-hydrogen) atoms. The van der Waals surface area contributed by atoms with E-state index in [0.717, 1.165) is 6.07 Å². The van der Waals surface area contributed by atoms with Crippen LogP contribution in [0.25, 0.3) is 11.1 Å². The molecule has 0 aliphatic rings. The molecule has 2 rings (SSSR count). The molecular weight excluding hydrogens is 313 g/mol. The third-order valence-electron chi connectivity index (χ3n) is 2.68. The van der Waals surface area contributed by atoms with Gasteiger partial charge in [0.2, 0.25) is 0 Å². The average Bonchev–Trinajstić information content (AvgIpc) is 2.37. The summed E-state index contributed by atoms with van der Waals surface area (Å²) in [6.07, 6.45) is -4.48. The SMILES string of the molecule is O=S(=O)(Cl)c1ccc(-c2ccccc2C(F)(F)F)cc1. The highest BCUT2D eigenvalue weighted by atomic mass is 35.7. The van der Waals surface area contributed by atoms with E-state index in [2.05, 4.69) is 0 Å². The Hall–Kier alpha value is -1.53. The minimum Gasteiger partial charge on any atom is -0.207 e. The van der Waals surface area contributed by atoms with Crippen LogP contribution in [0.4, 0.5) is 13.2 Å². The highest BCUT2D eigenvalue weighted by molar-refractivity contribution is 8.13. The Labute approximate surface area is 118 Å². The molecule has 0 fully saturated rings. The number of hydrogen-bond acceptors (Lipinski definition) is 2. The van der Waals surface area contributed by atoms with Crippen molar-refractivity contribution >= 4 is 19.7 Å². The lowest BCUT2D eigenvalue weighted by Crippen LogP contribution is -2.06. The molecule has 0 spiro atoms. The van der Waals surface area contributed by atoms with Crippen LogP contribution >= 0.6 is 10.7 Å². The first kappa shape index (κ1) is 14.9. The maximum absolute atomic E-state index is 12.9. The molecule has 0 aliphatic heterocycles. The van der Waals surface area contributed by atoms with Crippen LogP contribution < -0.4 is 0 Å². The quantitative estimate of drug-likeness (QED) is 0.773. The summed E-state index contributed by atoms with van der Waals surface area (Å²) in [5.41, 5.74) is -0.526. The van der Waals surface area contributed by atoms with Crippen molar-refractivity contribution in [3.8, 4) is 11.1 Å². The van der Waals surface area contributed by atoms with Gasteiger partial charge in [-0.3, -0.25) is 0 Å². The van der Waals surface area contributed by atoms with Gasteiger partial charge in [-0.05, 0) is 29.3 Å². The summed E-state index contributed by atoms with van der Waals surface area (Å²) in [5.74, 6) is 0. The molecule has 0 heterocycles. The van der Waals surface area contributed by atoms with Gasteiger partial charge in [-0.15, -0.1) is 0 Å². The highest BCUT2D eigenvalue weighted by Gasteiger charge is 2.33. The lowest BCUT2D eigenvalue weighted by molar-refractivity contribution is -0.137. The Morgan fingerprint density at radius 3 is 1.95 bits per heavy atom. The Morgan fingerprint density at radius 2 is 1.45 bits per heavy atom. The molecule has 0 aliphatic carbocycles. The van der Waals surface area contributed by atoms with Gasteiger partial charge in [-0.1, -0.05) is 30.3 Å². The number of benzene rings is 2. The third kappa shape index (κ3) is 3.13. The summed E-state index contributed by atoms with van der Waals surface area (Å²) < 4.78 is 60.8. The van der Waals surface area contributed by atoms with Crippen molar-refractivity contribution in [2.24, 2.45) is 0 Å². The molecule has 2 nitrogen and oxygen atoms in total. The van der Waals surface area contributed by atoms with Gasteiger partial charge in [-0.25, -0.2) is 8.42 Å². The van der Waals surface area contributed by atoms with Gasteiger partial charge in [0.1, 0.15) is 0 Å². The van der Waals surface area contributed by atoms with Gasteiger partial charge in [0, 0.05) is 10.7 Å². The van der Waals surface area contributed by atoms with E-state index in [1.54, 1.807) is 0 Å². The minimum atomic E-state index is -4.48. The second-order valence-corrected chi connectivity index (χ2v) is 6.57. The molecule has 0 bridgehead atoms. The van der Waals surface area contributed by atoms with Gasteiger partial charge in [0.25, 0.3) is 9.05 Å². The van der Waals surface area contributed by atoms with Crippen LogP contribution in [0.2, 0.25) is 0 Å². The molecular formula is C13H8ClF3O2S. The molecule has 0 atom stereocenters. The van der Waals surface area contributed by atoms with Crippen molar-refractivity contribution in [1.29, 1.82) is 0 Å². The normalized spacial score (nSPS) is 12.4. The molecule has 0 radical (unpaired) electrons. The predicted molar refractivity (Wildman–Crippen MR) is 69.9 cm³/mol. The summed E-state index contributed by atoms with van der Waals surface area (Å²) in [6, 6.07) is 10.0. The Balaban J connectivity index is 2.53. The Kier molecular flexibility index (Phi) is 3.80. The lowest BCUT2D eigenvalue weighted by Gasteiger charge is -2.12. The summed E-state index contributed by atoms with van der Waals surface area (Å²) in [4.78, 5) is -0.160. The third-order valence-corrected chi connectivity index (χ3v) is 4.05. The van der Waals surface area contributed by atoms with Gasteiger partial charge < -0.3 is 0 Å². The van der Waals surface area contributed by atoms with Crippen LogP contribution in [0, 0.1) is 0 Å². The second-order valence-electron chi connectivity index (χ2n) is 4.01. The smallest absolute Gasteiger partial charge is 0.207 e. The topological polar surface area (TPSA) is 34.1 Å². The average molecular weight is 321 g/mol. The standard InChI is InChI=1S/C13H8ClF3O2S/c14-20(18,19)10-7-5-9(6-8-10)11-3-1-2-4-12(11)13(15,16)17/h1-8H. The van der Waals surface area contributed by atoms with E-state index in [4.69, 9.17) is 10.7 Å². The van der Waals surface area contributed by atoms with Crippen LogP contribution in [-0.4, -0.2) is 8.42 Å². The molecule has 7 heteroatoms. The van der Waals surface area contributed by atoms with Crippen molar-refractivity contribution in [2.75, 3.05) is 0 Å².